The summed E-state index contributed by atoms with van der Waals surface area (Å²) in [6.07, 6.45) is 5.13. The fraction of sp³-hybridized carbons (Fsp3) is 0.650. The van der Waals surface area contributed by atoms with Crippen LogP contribution in [0.25, 0.3) is 0 Å². The van der Waals surface area contributed by atoms with Gasteiger partial charge in [0, 0.05) is 18.5 Å². The number of hydrogen-bond acceptors (Lipinski definition) is 3. The zero-order chi connectivity index (χ0) is 17.7. The molecule has 0 radical (unpaired) electrons. The maximum absolute atomic E-state index is 12.7. The lowest BCUT2D eigenvalue weighted by atomic mass is 9.72. The monoisotopic (exact) mass is 345 g/mol. The zero-order valence-electron chi connectivity index (χ0n) is 15.3. The standard InChI is InChI=1S/C20H31N3O2/c1-22-13-10-20(11-14-22,17-7-3-2-4-8-17)16-21-19(25)23-12-6-5-9-18(23)15-24/h2-4,7-8,18,24H,5-6,9-16H2,1H3,(H,21,25)/t18-/m1/s1. The minimum atomic E-state index is -0.0288. The zero-order valence-corrected chi connectivity index (χ0v) is 15.3. The Hall–Kier alpha value is -1.59. The minimum Gasteiger partial charge on any atom is -0.394 e. The van der Waals surface area contributed by atoms with Crippen molar-refractivity contribution in [2.45, 2.75) is 43.6 Å². The number of piperidine rings is 2. The predicted octanol–water partition coefficient (Wildman–Crippen LogP) is 2.21. The van der Waals surface area contributed by atoms with E-state index in [1.54, 1.807) is 0 Å². The molecule has 138 valence electrons. The van der Waals surface area contributed by atoms with Crippen LogP contribution in [-0.4, -0.2) is 66.8 Å². The third kappa shape index (κ3) is 4.15. The van der Waals surface area contributed by atoms with Crippen molar-refractivity contribution in [3.63, 3.8) is 0 Å². The number of rotatable bonds is 4. The molecule has 2 N–H and O–H groups in total. The van der Waals surface area contributed by atoms with Gasteiger partial charge in [0.1, 0.15) is 0 Å². The Labute approximate surface area is 151 Å². The first-order valence-corrected chi connectivity index (χ1v) is 9.54. The second kappa shape index (κ2) is 8.19. The highest BCUT2D eigenvalue weighted by Crippen LogP contribution is 2.34. The molecule has 0 aliphatic carbocycles. The van der Waals surface area contributed by atoms with Crippen LogP contribution in [0, 0.1) is 0 Å². The summed E-state index contributed by atoms with van der Waals surface area (Å²) < 4.78 is 0. The number of hydrogen-bond donors (Lipinski definition) is 2. The third-order valence-corrected chi connectivity index (χ3v) is 6.01. The van der Waals surface area contributed by atoms with Crippen molar-refractivity contribution in [2.24, 2.45) is 0 Å². The molecule has 0 aromatic heterocycles. The molecule has 0 spiro atoms. The van der Waals surface area contributed by atoms with E-state index in [9.17, 15) is 9.90 Å². The fourth-order valence-corrected chi connectivity index (χ4v) is 4.21. The number of likely N-dealkylation sites (tertiary alicyclic amines) is 2. The lowest BCUT2D eigenvalue weighted by Gasteiger charge is -2.42. The molecule has 2 amide bonds. The van der Waals surface area contributed by atoms with Gasteiger partial charge in [0.15, 0.2) is 0 Å². The van der Waals surface area contributed by atoms with Crippen LogP contribution in [0.4, 0.5) is 4.79 Å². The van der Waals surface area contributed by atoms with Gasteiger partial charge < -0.3 is 20.2 Å². The molecular weight excluding hydrogens is 314 g/mol. The number of aliphatic hydroxyl groups excluding tert-OH is 1. The molecule has 2 aliphatic rings. The predicted molar refractivity (Wildman–Crippen MR) is 99.7 cm³/mol. The number of urea groups is 1. The molecule has 2 fully saturated rings. The van der Waals surface area contributed by atoms with Gasteiger partial charge in [-0.2, -0.15) is 0 Å². The van der Waals surface area contributed by atoms with E-state index in [0.29, 0.717) is 6.54 Å². The van der Waals surface area contributed by atoms with Gasteiger partial charge in [-0.15, -0.1) is 0 Å². The normalized spacial score (nSPS) is 24.1. The van der Waals surface area contributed by atoms with Crippen molar-refractivity contribution in [3.05, 3.63) is 35.9 Å². The minimum absolute atomic E-state index is 0.00787. The molecule has 5 nitrogen and oxygen atoms in total. The third-order valence-electron chi connectivity index (χ3n) is 6.01. The molecule has 2 saturated heterocycles. The average molecular weight is 345 g/mol. The smallest absolute Gasteiger partial charge is 0.317 e. The summed E-state index contributed by atoms with van der Waals surface area (Å²) >= 11 is 0. The van der Waals surface area contributed by atoms with Crippen molar-refractivity contribution < 1.29 is 9.90 Å². The largest absolute Gasteiger partial charge is 0.394 e. The van der Waals surface area contributed by atoms with E-state index in [2.05, 4.69) is 41.5 Å². The first kappa shape index (κ1) is 18.2. The van der Waals surface area contributed by atoms with Gasteiger partial charge in [-0.3, -0.25) is 0 Å². The van der Waals surface area contributed by atoms with E-state index < -0.39 is 0 Å². The first-order chi connectivity index (χ1) is 12.1. The van der Waals surface area contributed by atoms with Crippen molar-refractivity contribution in [2.75, 3.05) is 39.8 Å². The lowest BCUT2D eigenvalue weighted by Crippen LogP contribution is -2.54. The molecule has 2 heterocycles. The number of benzene rings is 1. The maximum Gasteiger partial charge on any atom is 0.317 e. The highest BCUT2D eigenvalue weighted by molar-refractivity contribution is 5.74. The molecule has 1 atom stereocenters. The van der Waals surface area contributed by atoms with Crippen molar-refractivity contribution in [1.82, 2.24) is 15.1 Å². The molecule has 3 rings (SSSR count). The molecular formula is C20H31N3O2. The summed E-state index contributed by atoms with van der Waals surface area (Å²) in [4.78, 5) is 16.9. The Morgan fingerprint density at radius 3 is 2.60 bits per heavy atom. The van der Waals surface area contributed by atoms with Gasteiger partial charge in [-0.1, -0.05) is 30.3 Å². The highest BCUT2D eigenvalue weighted by atomic mass is 16.3. The number of carbonyl (C=O) groups excluding carboxylic acids is 1. The van der Waals surface area contributed by atoms with Crippen LogP contribution in [-0.2, 0) is 5.41 Å². The average Bonchev–Trinajstić information content (AvgIpc) is 2.68. The van der Waals surface area contributed by atoms with Gasteiger partial charge in [-0.05, 0) is 57.8 Å². The van der Waals surface area contributed by atoms with Crippen molar-refractivity contribution in [3.8, 4) is 0 Å². The molecule has 1 aromatic carbocycles. The topological polar surface area (TPSA) is 55.8 Å². The Morgan fingerprint density at radius 2 is 1.92 bits per heavy atom. The fourth-order valence-electron chi connectivity index (χ4n) is 4.21. The summed E-state index contributed by atoms with van der Waals surface area (Å²) in [5.74, 6) is 0. The second-order valence-corrected chi connectivity index (χ2v) is 7.63. The highest BCUT2D eigenvalue weighted by Gasteiger charge is 2.36. The number of nitrogens with zero attached hydrogens (tertiary/aromatic N) is 2. The van der Waals surface area contributed by atoms with E-state index in [1.165, 1.54) is 5.56 Å². The van der Waals surface area contributed by atoms with Gasteiger partial charge in [0.05, 0.1) is 12.6 Å². The van der Waals surface area contributed by atoms with E-state index in [1.807, 2.05) is 11.0 Å². The van der Waals surface area contributed by atoms with Crippen LogP contribution in [0.1, 0.15) is 37.7 Å². The van der Waals surface area contributed by atoms with E-state index in [4.69, 9.17) is 0 Å². The number of carbonyl (C=O) groups is 1. The quantitative estimate of drug-likeness (QED) is 0.880. The lowest BCUT2D eigenvalue weighted by molar-refractivity contribution is 0.105. The SMILES string of the molecule is CN1CCC(CNC(=O)N2CCCC[C@@H]2CO)(c2ccccc2)CC1. The summed E-state index contributed by atoms with van der Waals surface area (Å²) in [5.41, 5.74) is 1.33. The van der Waals surface area contributed by atoms with E-state index in [0.717, 1.165) is 51.7 Å². The van der Waals surface area contributed by atoms with Crippen LogP contribution >= 0.6 is 0 Å². The number of amides is 2. The number of nitrogens with one attached hydrogen (secondary N) is 1. The van der Waals surface area contributed by atoms with Gasteiger partial charge in [0.2, 0.25) is 0 Å². The van der Waals surface area contributed by atoms with Gasteiger partial charge in [0.25, 0.3) is 0 Å². The molecule has 0 bridgehead atoms. The maximum atomic E-state index is 12.7. The summed E-state index contributed by atoms with van der Waals surface area (Å²) in [5, 5.41) is 12.8. The van der Waals surface area contributed by atoms with Crippen molar-refractivity contribution >= 4 is 6.03 Å². The molecule has 2 aliphatic heterocycles. The van der Waals surface area contributed by atoms with Crippen molar-refractivity contribution in [1.29, 1.82) is 0 Å². The van der Waals surface area contributed by atoms with E-state index >= 15 is 0 Å². The Kier molecular flexibility index (Phi) is 5.97. The molecule has 0 saturated carbocycles. The van der Waals surface area contributed by atoms with Crippen LogP contribution in [0.3, 0.4) is 0 Å². The number of aliphatic hydroxyl groups is 1. The summed E-state index contributed by atoms with van der Waals surface area (Å²) in [6.45, 7) is 3.57. The Balaban J connectivity index is 1.69. The van der Waals surface area contributed by atoms with Gasteiger partial charge >= 0.3 is 6.03 Å². The molecule has 5 heteroatoms. The van der Waals surface area contributed by atoms with Crippen LogP contribution in [0.2, 0.25) is 0 Å². The van der Waals surface area contributed by atoms with Crippen LogP contribution in [0.15, 0.2) is 30.3 Å². The Morgan fingerprint density at radius 1 is 1.20 bits per heavy atom. The van der Waals surface area contributed by atoms with Gasteiger partial charge in [-0.25, -0.2) is 4.79 Å². The Bertz CT molecular complexity index is 555. The van der Waals surface area contributed by atoms with Crippen LogP contribution < -0.4 is 5.32 Å². The molecule has 1 aromatic rings. The van der Waals surface area contributed by atoms with Crippen LogP contribution in [0.5, 0.6) is 0 Å². The summed E-state index contributed by atoms with van der Waals surface area (Å²) in [6, 6.07) is 10.5. The summed E-state index contributed by atoms with van der Waals surface area (Å²) in [7, 11) is 2.16. The van der Waals surface area contributed by atoms with E-state index in [-0.39, 0.29) is 24.1 Å². The molecule has 25 heavy (non-hydrogen) atoms. The molecule has 0 unspecified atom stereocenters. The second-order valence-electron chi connectivity index (χ2n) is 7.63. The first-order valence-electron chi connectivity index (χ1n) is 9.54.